The molecule has 0 aliphatic rings. The largest absolute Gasteiger partial charge is 0.310 e. The molecule has 0 spiro atoms. The summed E-state index contributed by atoms with van der Waals surface area (Å²) >= 11 is 5.31. The maximum atomic E-state index is 4.22. The van der Waals surface area contributed by atoms with E-state index in [1.807, 2.05) is 0 Å². The van der Waals surface area contributed by atoms with Gasteiger partial charge in [-0.1, -0.05) is 41.6 Å². The number of halogens is 1. The van der Waals surface area contributed by atoms with Gasteiger partial charge in [0.1, 0.15) is 0 Å². The first-order chi connectivity index (χ1) is 8.26. The van der Waals surface area contributed by atoms with Gasteiger partial charge in [0.25, 0.3) is 0 Å². The highest BCUT2D eigenvalue weighted by Crippen LogP contribution is 2.26. The van der Waals surface area contributed by atoms with Gasteiger partial charge in [-0.2, -0.15) is 0 Å². The van der Waals surface area contributed by atoms with Crippen LogP contribution in [0.5, 0.6) is 0 Å². The highest BCUT2D eigenvalue weighted by molar-refractivity contribution is 9.09. The Hall–Kier alpha value is -0.640. The van der Waals surface area contributed by atoms with E-state index in [2.05, 4.69) is 64.4 Å². The number of nitrogens with one attached hydrogen (secondary N) is 1. The van der Waals surface area contributed by atoms with E-state index in [1.54, 1.807) is 11.3 Å². The molecule has 0 bridgehead atoms. The Balaban J connectivity index is 2.28. The molecule has 1 N–H and O–H groups in total. The Labute approximate surface area is 115 Å². The third kappa shape index (κ3) is 2.79. The van der Waals surface area contributed by atoms with Crippen molar-refractivity contribution < 1.29 is 0 Å². The number of benzene rings is 1. The molecule has 1 unspecified atom stereocenters. The van der Waals surface area contributed by atoms with Gasteiger partial charge in [0.05, 0.1) is 0 Å². The van der Waals surface area contributed by atoms with Crippen LogP contribution in [-0.2, 0) is 0 Å². The molecule has 0 aliphatic heterocycles. The van der Waals surface area contributed by atoms with E-state index in [0.29, 0.717) is 6.04 Å². The SMILES string of the molecule is C=C(c1ccc2ccsc2c1)C(CBr)NCC. The minimum Gasteiger partial charge on any atom is -0.310 e. The molecular weight excluding hydrogens is 294 g/mol. The Morgan fingerprint density at radius 1 is 1.47 bits per heavy atom. The first-order valence-electron chi connectivity index (χ1n) is 5.72. The lowest BCUT2D eigenvalue weighted by molar-refractivity contribution is 0.684. The van der Waals surface area contributed by atoms with Crippen LogP contribution in [0.4, 0.5) is 0 Å². The molecule has 1 aromatic heterocycles. The summed E-state index contributed by atoms with van der Waals surface area (Å²) in [6.07, 6.45) is 0. The monoisotopic (exact) mass is 309 g/mol. The summed E-state index contributed by atoms with van der Waals surface area (Å²) < 4.78 is 1.33. The molecule has 3 heteroatoms. The summed E-state index contributed by atoms with van der Waals surface area (Å²) in [6, 6.07) is 9.01. The minimum absolute atomic E-state index is 0.303. The lowest BCUT2D eigenvalue weighted by Crippen LogP contribution is -2.31. The summed E-state index contributed by atoms with van der Waals surface area (Å²) in [7, 11) is 0. The fourth-order valence-corrected chi connectivity index (χ4v) is 3.32. The number of hydrogen-bond donors (Lipinski definition) is 1. The van der Waals surface area contributed by atoms with Crippen LogP contribution in [0.2, 0.25) is 0 Å². The first-order valence-corrected chi connectivity index (χ1v) is 7.72. The van der Waals surface area contributed by atoms with Crippen LogP contribution in [0.3, 0.4) is 0 Å². The van der Waals surface area contributed by atoms with Gasteiger partial charge in [-0.3, -0.25) is 0 Å². The van der Waals surface area contributed by atoms with Gasteiger partial charge in [0.2, 0.25) is 0 Å². The second kappa shape index (κ2) is 5.80. The second-order valence-corrected chi connectivity index (χ2v) is 5.56. The summed E-state index contributed by atoms with van der Waals surface area (Å²) in [5, 5.41) is 7.76. The van der Waals surface area contributed by atoms with Gasteiger partial charge in [0, 0.05) is 16.1 Å². The van der Waals surface area contributed by atoms with Crippen molar-refractivity contribution in [2.75, 3.05) is 11.9 Å². The number of fused-ring (bicyclic) bond motifs is 1. The first kappa shape index (κ1) is 12.8. The fraction of sp³-hybridized carbons (Fsp3) is 0.286. The van der Waals surface area contributed by atoms with Gasteiger partial charge in [-0.05, 0) is 40.6 Å². The molecule has 2 aromatic rings. The van der Waals surface area contributed by atoms with Gasteiger partial charge in [-0.25, -0.2) is 0 Å². The predicted octanol–water partition coefficient (Wildman–Crippen LogP) is 4.29. The van der Waals surface area contributed by atoms with E-state index in [4.69, 9.17) is 0 Å². The van der Waals surface area contributed by atoms with Crippen LogP contribution in [0, 0.1) is 0 Å². The zero-order chi connectivity index (χ0) is 12.3. The summed E-state index contributed by atoms with van der Waals surface area (Å²) in [5.41, 5.74) is 2.38. The van der Waals surface area contributed by atoms with Crippen LogP contribution in [0.1, 0.15) is 12.5 Å². The van der Waals surface area contributed by atoms with E-state index in [9.17, 15) is 0 Å². The Bertz CT molecular complexity index is 518. The van der Waals surface area contributed by atoms with Crippen molar-refractivity contribution in [1.82, 2.24) is 5.32 Å². The van der Waals surface area contributed by atoms with E-state index in [1.165, 1.54) is 15.6 Å². The van der Waals surface area contributed by atoms with Crippen molar-refractivity contribution in [1.29, 1.82) is 0 Å². The predicted molar refractivity (Wildman–Crippen MR) is 82.1 cm³/mol. The number of hydrogen-bond acceptors (Lipinski definition) is 2. The molecular formula is C14H16BrNS. The maximum absolute atomic E-state index is 4.22. The van der Waals surface area contributed by atoms with Gasteiger partial charge >= 0.3 is 0 Å². The summed E-state index contributed by atoms with van der Waals surface area (Å²) in [6.45, 7) is 7.29. The molecule has 90 valence electrons. The van der Waals surface area contributed by atoms with Crippen LogP contribution < -0.4 is 5.32 Å². The van der Waals surface area contributed by atoms with Crippen LogP contribution in [0.15, 0.2) is 36.2 Å². The molecule has 1 aromatic carbocycles. The highest BCUT2D eigenvalue weighted by atomic mass is 79.9. The van der Waals surface area contributed by atoms with E-state index >= 15 is 0 Å². The molecule has 0 amide bonds. The molecule has 2 rings (SSSR count). The molecule has 0 aliphatic carbocycles. The topological polar surface area (TPSA) is 12.0 Å². The van der Waals surface area contributed by atoms with Crippen molar-refractivity contribution in [2.45, 2.75) is 13.0 Å². The Kier molecular flexibility index (Phi) is 4.37. The maximum Gasteiger partial charge on any atom is 0.0418 e. The molecule has 1 heterocycles. The minimum atomic E-state index is 0.303. The molecule has 0 radical (unpaired) electrons. The van der Waals surface area contributed by atoms with Crippen molar-refractivity contribution in [3.8, 4) is 0 Å². The summed E-state index contributed by atoms with van der Waals surface area (Å²) in [5.74, 6) is 0. The van der Waals surface area contributed by atoms with Gasteiger partial charge in [-0.15, -0.1) is 11.3 Å². The molecule has 0 saturated carbocycles. The van der Waals surface area contributed by atoms with Crippen molar-refractivity contribution in [2.24, 2.45) is 0 Å². The van der Waals surface area contributed by atoms with Crippen LogP contribution >= 0.6 is 27.3 Å². The standard InChI is InChI=1S/C14H16BrNS/c1-3-16-13(9-15)10(2)12-5-4-11-6-7-17-14(11)8-12/h4-8,13,16H,2-3,9H2,1H3. The third-order valence-electron chi connectivity index (χ3n) is 2.85. The Morgan fingerprint density at radius 3 is 3.00 bits per heavy atom. The van der Waals surface area contributed by atoms with Crippen LogP contribution in [0.25, 0.3) is 15.7 Å². The number of rotatable bonds is 5. The molecule has 0 saturated heterocycles. The summed E-state index contributed by atoms with van der Waals surface area (Å²) in [4.78, 5) is 0. The second-order valence-electron chi connectivity index (χ2n) is 3.96. The number of thiophene rings is 1. The average Bonchev–Trinajstić information content (AvgIpc) is 2.82. The zero-order valence-corrected chi connectivity index (χ0v) is 12.3. The number of alkyl halides is 1. The lowest BCUT2D eigenvalue weighted by atomic mass is 10.0. The van der Waals surface area contributed by atoms with E-state index < -0.39 is 0 Å². The van der Waals surface area contributed by atoms with Crippen molar-refractivity contribution in [3.05, 3.63) is 41.8 Å². The Morgan fingerprint density at radius 2 is 2.29 bits per heavy atom. The third-order valence-corrected chi connectivity index (χ3v) is 4.38. The normalized spacial score (nSPS) is 12.8. The highest BCUT2D eigenvalue weighted by Gasteiger charge is 2.12. The van der Waals surface area contributed by atoms with Crippen molar-refractivity contribution in [3.63, 3.8) is 0 Å². The van der Waals surface area contributed by atoms with Gasteiger partial charge in [0.15, 0.2) is 0 Å². The molecule has 0 fully saturated rings. The average molecular weight is 310 g/mol. The van der Waals surface area contributed by atoms with E-state index in [-0.39, 0.29) is 0 Å². The fourth-order valence-electron chi connectivity index (χ4n) is 1.87. The number of likely N-dealkylation sites (N-methyl/N-ethyl adjacent to an activating group) is 1. The quantitative estimate of drug-likeness (QED) is 0.813. The van der Waals surface area contributed by atoms with E-state index in [0.717, 1.165) is 17.4 Å². The zero-order valence-electron chi connectivity index (χ0n) is 9.87. The molecule has 1 nitrogen and oxygen atoms in total. The molecule has 17 heavy (non-hydrogen) atoms. The lowest BCUT2D eigenvalue weighted by Gasteiger charge is -2.18. The smallest absolute Gasteiger partial charge is 0.0418 e. The van der Waals surface area contributed by atoms with Crippen LogP contribution in [-0.4, -0.2) is 17.9 Å². The molecule has 1 atom stereocenters. The van der Waals surface area contributed by atoms with Gasteiger partial charge < -0.3 is 5.32 Å². The van der Waals surface area contributed by atoms with Crippen molar-refractivity contribution >= 4 is 42.9 Å².